The van der Waals surface area contributed by atoms with Crippen LogP contribution in [-0.2, 0) is 9.47 Å². The summed E-state index contributed by atoms with van der Waals surface area (Å²) in [5.74, 6) is 0.675. The molecule has 0 aromatic rings. The molecule has 19 heavy (non-hydrogen) atoms. The molecule has 1 heterocycles. The van der Waals surface area contributed by atoms with Crippen LogP contribution in [-0.4, -0.2) is 56.4 Å². The first-order valence-electron chi connectivity index (χ1n) is 7.36. The van der Waals surface area contributed by atoms with Crippen LogP contribution in [0.2, 0.25) is 0 Å². The molecule has 0 aromatic heterocycles. The summed E-state index contributed by atoms with van der Waals surface area (Å²) in [5.41, 5.74) is 6.33. The summed E-state index contributed by atoms with van der Waals surface area (Å²) >= 11 is 0. The largest absolute Gasteiger partial charge is 0.381 e. The summed E-state index contributed by atoms with van der Waals surface area (Å²) in [6.45, 7) is 7.63. The maximum Gasteiger partial charge on any atom is 0.191 e. The lowest BCUT2D eigenvalue weighted by Crippen LogP contribution is -2.58. The second-order valence-electron chi connectivity index (χ2n) is 5.50. The minimum absolute atomic E-state index is 0.172. The number of hydrogen-bond donors (Lipinski definition) is 1. The van der Waals surface area contributed by atoms with E-state index in [0.29, 0.717) is 18.1 Å². The summed E-state index contributed by atoms with van der Waals surface area (Å²) in [6.07, 6.45) is 3.50. The maximum absolute atomic E-state index is 6.16. The van der Waals surface area contributed by atoms with Crippen LogP contribution >= 0.6 is 0 Å². The fraction of sp³-hybridized carbons (Fsp3) is 0.929. The molecular formula is C14H27N3O2. The van der Waals surface area contributed by atoms with Crippen molar-refractivity contribution in [3.8, 4) is 0 Å². The van der Waals surface area contributed by atoms with Crippen molar-refractivity contribution in [3.05, 3.63) is 0 Å². The Morgan fingerprint density at radius 3 is 2.53 bits per heavy atom. The molecule has 1 aliphatic heterocycles. The van der Waals surface area contributed by atoms with Crippen molar-refractivity contribution in [1.82, 2.24) is 4.90 Å². The Kier molecular flexibility index (Phi) is 4.68. The van der Waals surface area contributed by atoms with Crippen LogP contribution in [0.5, 0.6) is 0 Å². The molecule has 5 heteroatoms. The topological polar surface area (TPSA) is 60.1 Å². The van der Waals surface area contributed by atoms with E-state index in [2.05, 4.69) is 18.7 Å². The summed E-state index contributed by atoms with van der Waals surface area (Å²) in [7, 11) is 1.80. The average molecular weight is 269 g/mol. The lowest BCUT2D eigenvalue weighted by Gasteiger charge is -2.53. The number of aliphatic imine (C=N–C) groups is 1. The Hall–Kier alpha value is -0.810. The number of rotatable bonds is 4. The van der Waals surface area contributed by atoms with E-state index in [-0.39, 0.29) is 5.41 Å². The van der Waals surface area contributed by atoms with Gasteiger partial charge in [0, 0.05) is 25.6 Å². The van der Waals surface area contributed by atoms with E-state index in [1.165, 1.54) is 0 Å². The molecule has 5 nitrogen and oxygen atoms in total. The molecule has 1 aliphatic carbocycles. The average Bonchev–Trinajstić information content (AvgIpc) is 2.45. The molecule has 0 radical (unpaired) electrons. The van der Waals surface area contributed by atoms with Crippen molar-refractivity contribution in [2.75, 3.05) is 33.4 Å². The summed E-state index contributed by atoms with van der Waals surface area (Å²) < 4.78 is 10.9. The SMILES string of the molecule is CCC1(CC)C(N=C(N)N2CCOCC2)CC1OC. The predicted octanol–water partition coefficient (Wildman–Crippen LogP) is 1.23. The first-order chi connectivity index (χ1) is 9.17. The molecule has 2 rings (SSSR count). The predicted molar refractivity (Wildman–Crippen MR) is 76.2 cm³/mol. The van der Waals surface area contributed by atoms with Gasteiger partial charge in [0.15, 0.2) is 5.96 Å². The highest BCUT2D eigenvalue weighted by Gasteiger charge is 2.53. The zero-order valence-corrected chi connectivity index (χ0v) is 12.4. The number of nitrogens with two attached hydrogens (primary N) is 1. The molecule has 2 fully saturated rings. The van der Waals surface area contributed by atoms with E-state index < -0.39 is 0 Å². The Bertz CT molecular complexity index is 323. The number of hydrogen-bond acceptors (Lipinski definition) is 3. The van der Waals surface area contributed by atoms with E-state index >= 15 is 0 Å². The smallest absolute Gasteiger partial charge is 0.191 e. The van der Waals surface area contributed by atoms with Crippen LogP contribution in [0.15, 0.2) is 4.99 Å². The Morgan fingerprint density at radius 2 is 2.00 bits per heavy atom. The normalized spacial score (nSPS) is 31.1. The van der Waals surface area contributed by atoms with Crippen molar-refractivity contribution in [1.29, 1.82) is 0 Å². The lowest BCUT2D eigenvalue weighted by molar-refractivity contribution is -0.112. The minimum Gasteiger partial charge on any atom is -0.381 e. The van der Waals surface area contributed by atoms with Gasteiger partial charge in [-0.1, -0.05) is 13.8 Å². The summed E-state index contributed by atoms with van der Waals surface area (Å²) in [6, 6.07) is 0.301. The van der Waals surface area contributed by atoms with Crippen LogP contribution in [0.4, 0.5) is 0 Å². The van der Waals surface area contributed by atoms with Gasteiger partial charge in [0.2, 0.25) is 0 Å². The maximum atomic E-state index is 6.16. The van der Waals surface area contributed by atoms with E-state index in [9.17, 15) is 0 Å². The molecule has 0 amide bonds. The molecule has 110 valence electrons. The summed E-state index contributed by atoms with van der Waals surface area (Å²) in [5, 5.41) is 0. The molecule has 2 aliphatic rings. The van der Waals surface area contributed by atoms with E-state index in [4.69, 9.17) is 20.2 Å². The molecule has 0 bridgehead atoms. The number of ether oxygens (including phenoxy) is 2. The molecule has 2 unspecified atom stereocenters. The van der Waals surface area contributed by atoms with Gasteiger partial charge in [-0.25, -0.2) is 4.99 Å². The first-order valence-corrected chi connectivity index (χ1v) is 7.36. The molecule has 2 N–H and O–H groups in total. The van der Waals surface area contributed by atoms with E-state index in [1.54, 1.807) is 7.11 Å². The van der Waals surface area contributed by atoms with Crippen LogP contribution in [0, 0.1) is 5.41 Å². The van der Waals surface area contributed by atoms with Gasteiger partial charge >= 0.3 is 0 Å². The second-order valence-corrected chi connectivity index (χ2v) is 5.50. The molecular weight excluding hydrogens is 242 g/mol. The molecule has 0 spiro atoms. The highest BCUT2D eigenvalue weighted by molar-refractivity contribution is 5.78. The van der Waals surface area contributed by atoms with Crippen LogP contribution < -0.4 is 5.73 Å². The highest BCUT2D eigenvalue weighted by atomic mass is 16.5. The minimum atomic E-state index is 0.172. The van der Waals surface area contributed by atoms with Crippen LogP contribution in [0.25, 0.3) is 0 Å². The van der Waals surface area contributed by atoms with Gasteiger partial charge < -0.3 is 20.1 Å². The number of morpholine rings is 1. The standard InChI is InChI=1S/C14H27N3O2/c1-4-14(5-2)11(10-12(14)18-3)16-13(15)17-6-8-19-9-7-17/h11-12H,4-10H2,1-3H3,(H2,15,16). The van der Waals surface area contributed by atoms with Gasteiger partial charge in [0.25, 0.3) is 0 Å². The zero-order valence-electron chi connectivity index (χ0n) is 12.4. The van der Waals surface area contributed by atoms with Crippen LogP contribution in [0.3, 0.4) is 0 Å². The van der Waals surface area contributed by atoms with Crippen LogP contribution in [0.1, 0.15) is 33.1 Å². The monoisotopic (exact) mass is 269 g/mol. The number of guanidine groups is 1. The van der Waals surface area contributed by atoms with Crippen molar-refractivity contribution in [3.63, 3.8) is 0 Å². The van der Waals surface area contributed by atoms with Crippen molar-refractivity contribution in [2.45, 2.75) is 45.3 Å². The van der Waals surface area contributed by atoms with Gasteiger partial charge in [0.1, 0.15) is 0 Å². The third-order valence-corrected chi connectivity index (χ3v) is 4.97. The third kappa shape index (κ3) is 2.58. The number of nitrogens with zero attached hydrogens (tertiary/aromatic N) is 2. The highest BCUT2D eigenvalue weighted by Crippen LogP contribution is 2.50. The Balaban J connectivity index is 2.05. The van der Waals surface area contributed by atoms with Crippen molar-refractivity contribution in [2.24, 2.45) is 16.1 Å². The lowest BCUT2D eigenvalue weighted by atomic mass is 9.59. The van der Waals surface area contributed by atoms with E-state index in [1.807, 2.05) is 0 Å². The molecule has 0 aromatic carbocycles. The summed E-state index contributed by atoms with van der Waals surface area (Å²) in [4.78, 5) is 6.91. The second kappa shape index (κ2) is 6.09. The van der Waals surface area contributed by atoms with Crippen molar-refractivity contribution < 1.29 is 9.47 Å². The number of methoxy groups -OCH3 is 1. The van der Waals surface area contributed by atoms with E-state index in [0.717, 1.165) is 45.6 Å². The zero-order chi connectivity index (χ0) is 13.9. The third-order valence-electron chi connectivity index (χ3n) is 4.97. The van der Waals surface area contributed by atoms with Gasteiger partial charge in [-0.15, -0.1) is 0 Å². The molecule has 1 saturated carbocycles. The first kappa shape index (κ1) is 14.6. The van der Waals surface area contributed by atoms with Gasteiger partial charge in [-0.05, 0) is 19.3 Å². The Labute approximate surface area is 116 Å². The van der Waals surface area contributed by atoms with Gasteiger partial charge in [-0.3, -0.25) is 0 Å². The molecule has 2 atom stereocenters. The fourth-order valence-electron chi connectivity index (χ4n) is 3.45. The quantitative estimate of drug-likeness (QED) is 0.616. The van der Waals surface area contributed by atoms with Gasteiger partial charge in [-0.2, -0.15) is 0 Å². The van der Waals surface area contributed by atoms with Crippen molar-refractivity contribution >= 4 is 5.96 Å². The fourth-order valence-corrected chi connectivity index (χ4v) is 3.45. The molecule has 1 saturated heterocycles. The van der Waals surface area contributed by atoms with Gasteiger partial charge in [0.05, 0.1) is 25.4 Å². The Morgan fingerprint density at radius 1 is 1.37 bits per heavy atom.